The summed E-state index contributed by atoms with van der Waals surface area (Å²) in [6.45, 7) is 2.28. The number of hydrogen-bond donors (Lipinski definition) is 1. The summed E-state index contributed by atoms with van der Waals surface area (Å²) >= 11 is 0. The fourth-order valence-corrected chi connectivity index (χ4v) is 2.28. The lowest BCUT2D eigenvalue weighted by Crippen LogP contribution is -2.22. The zero-order valence-electron chi connectivity index (χ0n) is 9.17. The van der Waals surface area contributed by atoms with Gasteiger partial charge < -0.3 is 5.32 Å². The third kappa shape index (κ3) is 1.60. The Balaban J connectivity index is 1.83. The van der Waals surface area contributed by atoms with Crippen LogP contribution in [0.3, 0.4) is 0 Å². The average Bonchev–Trinajstić information content (AvgIpc) is 2.88. The highest BCUT2D eigenvalue weighted by molar-refractivity contribution is 5.42. The summed E-state index contributed by atoms with van der Waals surface area (Å²) in [6.07, 6.45) is 3.81. The lowest BCUT2D eigenvalue weighted by molar-refractivity contribution is 0.553. The van der Waals surface area contributed by atoms with Gasteiger partial charge in [-0.2, -0.15) is 0 Å². The van der Waals surface area contributed by atoms with Crippen LogP contribution in [0.2, 0.25) is 0 Å². The minimum absolute atomic E-state index is 0.529. The lowest BCUT2D eigenvalue weighted by atomic mass is 10.1. The molecule has 0 spiro atoms. The Morgan fingerprint density at radius 3 is 3.12 bits per heavy atom. The first-order valence-electron chi connectivity index (χ1n) is 5.65. The predicted molar refractivity (Wildman–Crippen MR) is 59.0 cm³/mol. The molecular formula is C10H14N6. The van der Waals surface area contributed by atoms with Gasteiger partial charge in [0.05, 0.1) is 0 Å². The van der Waals surface area contributed by atoms with Crippen molar-refractivity contribution in [2.45, 2.75) is 32.2 Å². The zero-order valence-corrected chi connectivity index (χ0v) is 9.17. The van der Waals surface area contributed by atoms with Gasteiger partial charge in [0.2, 0.25) is 0 Å². The molecule has 6 heteroatoms. The summed E-state index contributed by atoms with van der Waals surface area (Å²) in [4.78, 5) is 0. The summed E-state index contributed by atoms with van der Waals surface area (Å²) in [5.74, 6) is 1.56. The summed E-state index contributed by atoms with van der Waals surface area (Å²) in [6, 6.07) is 4.33. The summed E-state index contributed by atoms with van der Waals surface area (Å²) < 4.78 is 1.45. The van der Waals surface area contributed by atoms with E-state index in [1.807, 2.05) is 12.1 Å². The van der Waals surface area contributed by atoms with Crippen LogP contribution in [0.25, 0.3) is 5.65 Å². The molecule has 2 aromatic rings. The van der Waals surface area contributed by atoms with E-state index in [4.69, 9.17) is 0 Å². The first-order chi connectivity index (χ1) is 7.83. The van der Waals surface area contributed by atoms with Gasteiger partial charge in [0.1, 0.15) is 5.82 Å². The Labute approximate surface area is 93.0 Å². The highest BCUT2D eigenvalue weighted by atomic mass is 15.6. The van der Waals surface area contributed by atoms with E-state index in [0.717, 1.165) is 5.82 Å². The van der Waals surface area contributed by atoms with Crippen molar-refractivity contribution in [2.75, 3.05) is 5.32 Å². The fraction of sp³-hybridized carbons (Fsp3) is 0.600. The van der Waals surface area contributed by atoms with E-state index in [1.165, 1.54) is 23.9 Å². The Morgan fingerprint density at radius 1 is 1.38 bits per heavy atom. The molecule has 6 nitrogen and oxygen atoms in total. The molecule has 2 aromatic heterocycles. The van der Waals surface area contributed by atoms with Gasteiger partial charge in [-0.3, -0.25) is 0 Å². The Bertz CT molecular complexity index is 493. The number of nitrogens with zero attached hydrogens (tertiary/aromatic N) is 5. The molecule has 0 aromatic carbocycles. The number of rotatable bonds is 2. The van der Waals surface area contributed by atoms with Crippen LogP contribution in [-0.2, 0) is 0 Å². The summed E-state index contributed by atoms with van der Waals surface area (Å²) in [7, 11) is 0. The Hall–Kier alpha value is -1.72. The number of nitrogens with one attached hydrogen (secondary N) is 1. The molecule has 2 heterocycles. The van der Waals surface area contributed by atoms with Crippen molar-refractivity contribution in [1.29, 1.82) is 0 Å². The lowest BCUT2D eigenvalue weighted by Gasteiger charge is -2.17. The third-order valence-corrected chi connectivity index (χ3v) is 3.26. The topological polar surface area (TPSA) is 68.0 Å². The number of tetrazole rings is 1. The van der Waals surface area contributed by atoms with E-state index in [-0.39, 0.29) is 0 Å². The molecule has 3 rings (SSSR count). The summed E-state index contributed by atoms with van der Waals surface area (Å²) in [5, 5.41) is 18.9. The predicted octanol–water partition coefficient (Wildman–Crippen LogP) is 1.12. The van der Waals surface area contributed by atoms with Gasteiger partial charge in [-0.25, -0.2) is 0 Å². The van der Waals surface area contributed by atoms with E-state index in [1.54, 1.807) is 0 Å². The number of fused-ring (bicyclic) bond motifs is 1. The first kappa shape index (κ1) is 9.50. The van der Waals surface area contributed by atoms with Crippen LogP contribution in [0, 0.1) is 5.92 Å². The van der Waals surface area contributed by atoms with Crippen LogP contribution >= 0.6 is 0 Å². The van der Waals surface area contributed by atoms with Crippen molar-refractivity contribution in [3.8, 4) is 0 Å². The van der Waals surface area contributed by atoms with Crippen LogP contribution in [0.15, 0.2) is 12.1 Å². The van der Waals surface area contributed by atoms with Crippen molar-refractivity contribution < 1.29 is 0 Å². The quantitative estimate of drug-likeness (QED) is 0.818. The van der Waals surface area contributed by atoms with Crippen LogP contribution in [0.5, 0.6) is 0 Å². The minimum atomic E-state index is 0.529. The maximum atomic E-state index is 4.30. The number of aromatic nitrogens is 5. The first-order valence-corrected chi connectivity index (χ1v) is 5.65. The Kier molecular flexibility index (Phi) is 2.19. The van der Waals surface area contributed by atoms with Crippen molar-refractivity contribution in [3.05, 3.63) is 12.1 Å². The van der Waals surface area contributed by atoms with Gasteiger partial charge in [0, 0.05) is 6.04 Å². The molecule has 1 aliphatic carbocycles. The van der Waals surface area contributed by atoms with Gasteiger partial charge in [0.25, 0.3) is 0 Å². The van der Waals surface area contributed by atoms with Crippen molar-refractivity contribution in [3.63, 3.8) is 0 Å². The largest absolute Gasteiger partial charge is 0.366 e. The van der Waals surface area contributed by atoms with Gasteiger partial charge in [0.15, 0.2) is 5.65 Å². The highest BCUT2D eigenvalue weighted by Crippen LogP contribution is 2.27. The second-order valence-corrected chi connectivity index (χ2v) is 4.40. The van der Waals surface area contributed by atoms with Gasteiger partial charge >= 0.3 is 0 Å². The molecule has 0 aliphatic heterocycles. The second-order valence-electron chi connectivity index (χ2n) is 4.40. The monoisotopic (exact) mass is 218 g/mol. The normalized spacial score (nSPS) is 25.1. The van der Waals surface area contributed by atoms with E-state index in [2.05, 4.69) is 32.9 Å². The molecule has 0 radical (unpaired) electrons. The molecule has 2 atom stereocenters. The molecule has 84 valence electrons. The van der Waals surface area contributed by atoms with Crippen LogP contribution < -0.4 is 5.32 Å². The second kappa shape index (κ2) is 3.70. The third-order valence-electron chi connectivity index (χ3n) is 3.26. The maximum Gasteiger partial charge on any atom is 0.200 e. The van der Waals surface area contributed by atoms with E-state index in [9.17, 15) is 0 Å². The van der Waals surface area contributed by atoms with E-state index in [0.29, 0.717) is 17.6 Å². The van der Waals surface area contributed by atoms with E-state index < -0.39 is 0 Å². The summed E-state index contributed by atoms with van der Waals surface area (Å²) in [5.41, 5.74) is 0.671. The average molecular weight is 218 g/mol. The standard InChI is InChI=1S/C10H14N6/c1-7-3-2-4-8(7)11-9-5-6-10-12-14-15-16(10)13-9/h5-8H,2-4H2,1H3,(H,11,13). The van der Waals surface area contributed by atoms with Gasteiger partial charge in [-0.1, -0.05) is 13.3 Å². The molecule has 2 unspecified atom stereocenters. The molecule has 0 amide bonds. The van der Waals surface area contributed by atoms with Crippen molar-refractivity contribution in [2.24, 2.45) is 5.92 Å². The maximum absolute atomic E-state index is 4.30. The van der Waals surface area contributed by atoms with Gasteiger partial charge in [-0.15, -0.1) is 14.8 Å². The molecular weight excluding hydrogens is 204 g/mol. The zero-order chi connectivity index (χ0) is 11.0. The number of anilines is 1. The minimum Gasteiger partial charge on any atom is -0.366 e. The molecule has 0 saturated heterocycles. The highest BCUT2D eigenvalue weighted by Gasteiger charge is 2.23. The van der Waals surface area contributed by atoms with Crippen LogP contribution in [-0.4, -0.2) is 31.3 Å². The number of hydrogen-bond acceptors (Lipinski definition) is 5. The molecule has 1 saturated carbocycles. The molecule has 1 fully saturated rings. The molecule has 0 bridgehead atoms. The molecule has 1 N–H and O–H groups in total. The van der Waals surface area contributed by atoms with Crippen molar-refractivity contribution >= 4 is 11.5 Å². The van der Waals surface area contributed by atoms with Crippen LogP contribution in [0.4, 0.5) is 5.82 Å². The molecule has 16 heavy (non-hydrogen) atoms. The Morgan fingerprint density at radius 2 is 2.31 bits per heavy atom. The van der Waals surface area contributed by atoms with Crippen LogP contribution in [0.1, 0.15) is 26.2 Å². The fourth-order valence-electron chi connectivity index (χ4n) is 2.28. The van der Waals surface area contributed by atoms with E-state index >= 15 is 0 Å². The smallest absolute Gasteiger partial charge is 0.200 e. The van der Waals surface area contributed by atoms with Crippen molar-refractivity contribution in [1.82, 2.24) is 25.3 Å². The SMILES string of the molecule is CC1CCCC1Nc1ccc2nnnn2n1. The van der Waals surface area contributed by atoms with Gasteiger partial charge in [-0.05, 0) is 41.3 Å². The molecule has 1 aliphatic rings.